The molecule has 1 heterocycles. The van der Waals surface area contributed by atoms with Gasteiger partial charge in [-0.3, -0.25) is 4.79 Å². The molecule has 0 radical (unpaired) electrons. The lowest BCUT2D eigenvalue weighted by Crippen LogP contribution is -2.35. The number of aromatic nitrogens is 1. The summed E-state index contributed by atoms with van der Waals surface area (Å²) in [6.45, 7) is -0.139. The van der Waals surface area contributed by atoms with Crippen LogP contribution in [0.3, 0.4) is 0 Å². The second-order valence-electron chi connectivity index (χ2n) is 6.50. The van der Waals surface area contributed by atoms with Gasteiger partial charge in [0.2, 0.25) is 0 Å². The molecule has 1 atom stereocenters. The van der Waals surface area contributed by atoms with E-state index in [2.05, 4.69) is 10.3 Å². The van der Waals surface area contributed by atoms with Crippen molar-refractivity contribution in [3.05, 3.63) is 76.2 Å². The van der Waals surface area contributed by atoms with Crippen molar-refractivity contribution in [3.63, 3.8) is 0 Å². The normalized spacial score (nSPS) is 12.3. The molecule has 0 aliphatic carbocycles. The van der Waals surface area contributed by atoms with Crippen molar-refractivity contribution in [3.8, 4) is 11.5 Å². The van der Waals surface area contributed by atoms with E-state index in [9.17, 15) is 23.1 Å². The maximum absolute atomic E-state index is 12.7. The zero-order valence-corrected chi connectivity index (χ0v) is 16.9. The number of amides is 1. The quantitative estimate of drug-likeness (QED) is 0.515. The van der Waals surface area contributed by atoms with Crippen molar-refractivity contribution in [2.24, 2.45) is 0 Å². The number of carbonyl (C=O) groups excluding carboxylic acids is 1. The number of nitrogens with one attached hydrogen (secondary N) is 1. The van der Waals surface area contributed by atoms with Gasteiger partial charge < -0.3 is 19.9 Å². The molecule has 0 saturated heterocycles. The summed E-state index contributed by atoms with van der Waals surface area (Å²) in [4.78, 5) is 16.4. The van der Waals surface area contributed by atoms with E-state index >= 15 is 0 Å². The minimum Gasteiger partial charge on any atom is -0.491 e. The van der Waals surface area contributed by atoms with Crippen molar-refractivity contribution in [2.75, 3.05) is 13.2 Å². The number of thiazole rings is 1. The maximum atomic E-state index is 12.7. The van der Waals surface area contributed by atoms with E-state index < -0.39 is 23.8 Å². The first-order valence-corrected chi connectivity index (χ1v) is 10.1. The summed E-state index contributed by atoms with van der Waals surface area (Å²) in [5, 5.41) is 14.4. The van der Waals surface area contributed by atoms with Crippen LogP contribution >= 0.6 is 11.3 Å². The molecule has 1 amide bonds. The van der Waals surface area contributed by atoms with Gasteiger partial charge in [-0.25, -0.2) is 4.98 Å². The third-order valence-electron chi connectivity index (χ3n) is 4.07. The number of aliphatic hydroxyl groups excluding tert-OH is 1. The first-order valence-electron chi connectivity index (χ1n) is 9.17. The van der Waals surface area contributed by atoms with Gasteiger partial charge in [-0.2, -0.15) is 13.2 Å². The van der Waals surface area contributed by atoms with Gasteiger partial charge in [-0.1, -0.05) is 12.1 Å². The molecular formula is C21H19F3N2O4S. The second-order valence-corrected chi connectivity index (χ2v) is 7.22. The molecule has 0 fully saturated rings. The number of carbonyl (C=O) groups is 1. The lowest BCUT2D eigenvalue weighted by Gasteiger charge is -2.15. The zero-order valence-electron chi connectivity index (χ0n) is 16.1. The molecule has 1 aromatic heterocycles. The van der Waals surface area contributed by atoms with Crippen molar-refractivity contribution in [1.29, 1.82) is 0 Å². The second kappa shape index (κ2) is 10.3. The van der Waals surface area contributed by atoms with E-state index in [1.807, 2.05) is 5.38 Å². The van der Waals surface area contributed by atoms with E-state index in [0.29, 0.717) is 11.3 Å². The zero-order chi connectivity index (χ0) is 22.3. The van der Waals surface area contributed by atoms with Crippen LogP contribution in [0.25, 0.3) is 0 Å². The van der Waals surface area contributed by atoms with Crippen molar-refractivity contribution in [2.45, 2.75) is 18.9 Å². The van der Waals surface area contributed by atoms with Crippen molar-refractivity contribution < 1.29 is 32.5 Å². The Balaban J connectivity index is 1.46. The number of hydrogen-bond acceptors (Lipinski definition) is 6. The highest BCUT2D eigenvalue weighted by atomic mass is 32.1. The molecule has 31 heavy (non-hydrogen) atoms. The van der Waals surface area contributed by atoms with Crippen molar-refractivity contribution >= 4 is 17.2 Å². The molecule has 6 nitrogen and oxygen atoms in total. The first-order chi connectivity index (χ1) is 14.8. The van der Waals surface area contributed by atoms with E-state index in [4.69, 9.17) is 9.47 Å². The monoisotopic (exact) mass is 452 g/mol. The van der Waals surface area contributed by atoms with Crippen LogP contribution in [0.2, 0.25) is 0 Å². The summed E-state index contributed by atoms with van der Waals surface area (Å²) < 4.78 is 49.0. The molecule has 0 aliphatic rings. The number of aliphatic hydroxyl groups is 1. The minimum atomic E-state index is -4.48. The summed E-state index contributed by atoms with van der Waals surface area (Å²) in [6, 6.07) is 10.9. The summed E-state index contributed by atoms with van der Waals surface area (Å²) in [6.07, 6.45) is -5.59. The average Bonchev–Trinajstić information content (AvgIpc) is 3.28. The third kappa shape index (κ3) is 6.97. The Labute approximate surface area is 180 Å². The first kappa shape index (κ1) is 22.6. The molecule has 0 saturated carbocycles. The standard InChI is InChI=1S/C21H19F3N2O4S/c22-21(23,24)15-4-2-6-19(8-15)30-11-17(27)9-25-20(28)14-3-1-5-18(7-14)29-10-16-12-31-13-26-16/h1-8,12-13,17,27H,9-11H2,(H,25,28). The highest BCUT2D eigenvalue weighted by molar-refractivity contribution is 7.07. The molecule has 0 aliphatic heterocycles. The molecule has 0 bridgehead atoms. The molecule has 3 aromatic rings. The summed E-state index contributed by atoms with van der Waals surface area (Å²) in [5.41, 5.74) is 1.97. The fraction of sp³-hybridized carbons (Fsp3) is 0.238. The fourth-order valence-corrected chi connectivity index (χ4v) is 3.06. The average molecular weight is 452 g/mol. The molecule has 0 spiro atoms. The van der Waals surface area contributed by atoms with Gasteiger partial charge in [0, 0.05) is 17.5 Å². The minimum absolute atomic E-state index is 0.0230. The number of ether oxygens (including phenoxy) is 2. The van der Waals surface area contributed by atoms with Gasteiger partial charge in [-0.05, 0) is 36.4 Å². The van der Waals surface area contributed by atoms with Crippen LogP contribution in [0, 0.1) is 0 Å². The Kier molecular flexibility index (Phi) is 7.48. The van der Waals surface area contributed by atoms with Crippen LogP contribution in [0.15, 0.2) is 59.4 Å². The number of alkyl halides is 3. The fourth-order valence-electron chi connectivity index (χ4n) is 2.52. The molecule has 2 aromatic carbocycles. The van der Waals surface area contributed by atoms with Gasteiger partial charge in [0.1, 0.15) is 30.8 Å². The van der Waals surface area contributed by atoms with Crippen LogP contribution in [0.5, 0.6) is 11.5 Å². The maximum Gasteiger partial charge on any atom is 0.416 e. The van der Waals surface area contributed by atoms with Crippen LogP contribution < -0.4 is 14.8 Å². The van der Waals surface area contributed by atoms with Gasteiger partial charge in [0.25, 0.3) is 5.91 Å². The van der Waals surface area contributed by atoms with Crippen LogP contribution in [-0.4, -0.2) is 35.3 Å². The summed E-state index contributed by atoms with van der Waals surface area (Å²) >= 11 is 1.46. The lowest BCUT2D eigenvalue weighted by atomic mass is 10.2. The Hall–Kier alpha value is -3.11. The Bertz CT molecular complexity index is 996. The van der Waals surface area contributed by atoms with E-state index in [1.165, 1.54) is 23.5 Å². The van der Waals surface area contributed by atoms with E-state index in [-0.39, 0.29) is 25.5 Å². The third-order valence-corrected chi connectivity index (χ3v) is 4.70. The van der Waals surface area contributed by atoms with Gasteiger partial charge >= 0.3 is 6.18 Å². The number of hydrogen-bond donors (Lipinski definition) is 2. The predicted octanol–water partition coefficient (Wildman–Crippen LogP) is 3.91. The predicted molar refractivity (Wildman–Crippen MR) is 108 cm³/mol. The van der Waals surface area contributed by atoms with E-state index in [0.717, 1.165) is 17.8 Å². The number of rotatable bonds is 9. The molecule has 2 N–H and O–H groups in total. The lowest BCUT2D eigenvalue weighted by molar-refractivity contribution is -0.137. The number of nitrogens with zero attached hydrogens (tertiary/aromatic N) is 1. The van der Waals surface area contributed by atoms with Crippen LogP contribution in [0.1, 0.15) is 21.6 Å². The Morgan fingerprint density at radius 2 is 1.87 bits per heavy atom. The summed E-state index contributed by atoms with van der Waals surface area (Å²) in [7, 11) is 0. The molecular weight excluding hydrogens is 433 g/mol. The van der Waals surface area contributed by atoms with Crippen LogP contribution in [-0.2, 0) is 12.8 Å². The smallest absolute Gasteiger partial charge is 0.416 e. The topological polar surface area (TPSA) is 80.7 Å². The van der Waals surface area contributed by atoms with E-state index in [1.54, 1.807) is 29.8 Å². The largest absolute Gasteiger partial charge is 0.491 e. The summed E-state index contributed by atoms with van der Waals surface area (Å²) in [5.74, 6) is 0.0384. The molecule has 1 unspecified atom stereocenters. The highest BCUT2D eigenvalue weighted by Gasteiger charge is 2.30. The molecule has 3 rings (SSSR count). The molecule has 164 valence electrons. The SMILES string of the molecule is O=C(NCC(O)COc1cccc(C(F)(F)F)c1)c1cccc(OCc2cscn2)c1. The van der Waals surface area contributed by atoms with Gasteiger partial charge in [0.05, 0.1) is 16.8 Å². The Morgan fingerprint density at radius 3 is 2.58 bits per heavy atom. The number of benzene rings is 2. The van der Waals surface area contributed by atoms with Crippen molar-refractivity contribution in [1.82, 2.24) is 10.3 Å². The highest BCUT2D eigenvalue weighted by Crippen LogP contribution is 2.31. The number of halogens is 3. The van der Waals surface area contributed by atoms with Crippen LogP contribution in [0.4, 0.5) is 13.2 Å². The van der Waals surface area contributed by atoms with Gasteiger partial charge in [0.15, 0.2) is 0 Å². The molecule has 10 heteroatoms. The van der Waals surface area contributed by atoms with Gasteiger partial charge in [-0.15, -0.1) is 11.3 Å². The Morgan fingerprint density at radius 1 is 1.13 bits per heavy atom.